The zero-order valence-corrected chi connectivity index (χ0v) is 7.51. The predicted octanol–water partition coefficient (Wildman–Crippen LogP) is 0.788. The van der Waals surface area contributed by atoms with E-state index in [-0.39, 0.29) is 11.6 Å². The van der Waals surface area contributed by atoms with Crippen LogP contribution < -0.4 is 0 Å². The molecule has 12 heavy (non-hydrogen) atoms. The molecule has 3 heterocycles. The molecule has 0 atom stereocenters. The molecule has 0 aromatic carbocycles. The van der Waals surface area contributed by atoms with Crippen molar-refractivity contribution in [1.29, 1.82) is 0 Å². The van der Waals surface area contributed by atoms with Crippen molar-refractivity contribution in [3.8, 4) is 0 Å². The zero-order chi connectivity index (χ0) is 8.60. The van der Waals surface area contributed by atoms with Gasteiger partial charge in [0, 0.05) is 45.8 Å². The van der Waals surface area contributed by atoms with Gasteiger partial charge in [-0.15, -0.1) is 0 Å². The van der Waals surface area contributed by atoms with E-state index >= 15 is 0 Å². The molecule has 3 aliphatic rings. The second-order valence-electron chi connectivity index (χ2n) is 3.87. The number of carbonyl (C=O) groups excluding carboxylic acids is 1. The number of fused-ring (bicyclic) bond motifs is 3. The minimum Gasteiger partial charge on any atom is -0.459 e. The van der Waals surface area contributed by atoms with Crippen LogP contribution in [0.3, 0.4) is 0 Å². The molecule has 3 nitrogen and oxygen atoms in total. The van der Waals surface area contributed by atoms with Crippen LogP contribution >= 0.6 is 0 Å². The summed E-state index contributed by atoms with van der Waals surface area (Å²) in [6, 6.07) is 0. The maximum absolute atomic E-state index is 10.9. The minimum atomic E-state index is -0.120. The van der Waals surface area contributed by atoms with Gasteiger partial charge in [-0.1, -0.05) is 0 Å². The van der Waals surface area contributed by atoms with E-state index in [4.69, 9.17) is 4.74 Å². The van der Waals surface area contributed by atoms with Gasteiger partial charge in [-0.3, -0.25) is 4.79 Å². The number of carbonyl (C=O) groups is 1. The van der Waals surface area contributed by atoms with Gasteiger partial charge in [0.15, 0.2) is 0 Å². The molecule has 3 rings (SSSR count). The molecule has 3 fully saturated rings. The molecule has 2 bridgehead atoms. The highest BCUT2D eigenvalue weighted by Crippen LogP contribution is 2.35. The summed E-state index contributed by atoms with van der Waals surface area (Å²) in [5.74, 6) is -0.120. The molecule has 3 saturated heterocycles. The summed E-state index contributed by atoms with van der Waals surface area (Å²) in [4.78, 5) is 13.3. The molecule has 0 N–H and O–H groups in total. The third-order valence-electron chi connectivity index (χ3n) is 3.01. The first kappa shape index (κ1) is 8.05. The third-order valence-corrected chi connectivity index (χ3v) is 3.01. The lowest BCUT2D eigenvalue weighted by Gasteiger charge is -2.47. The van der Waals surface area contributed by atoms with Crippen LogP contribution in [0.2, 0.25) is 0 Å². The summed E-state index contributed by atoms with van der Waals surface area (Å²) in [6.07, 6.45) is 3.10. The highest BCUT2D eigenvalue weighted by Gasteiger charge is 2.41. The van der Waals surface area contributed by atoms with Crippen LogP contribution in [-0.2, 0) is 9.53 Å². The molecule has 0 amide bonds. The van der Waals surface area contributed by atoms with Gasteiger partial charge in [0.05, 0.1) is 0 Å². The first-order chi connectivity index (χ1) is 5.70. The van der Waals surface area contributed by atoms with Crippen molar-refractivity contribution < 1.29 is 9.53 Å². The fraction of sp³-hybridized carbons (Fsp3) is 0.889. The van der Waals surface area contributed by atoms with E-state index in [0.29, 0.717) is 0 Å². The molecular formula is C9H15NO2. The second-order valence-corrected chi connectivity index (χ2v) is 3.87. The van der Waals surface area contributed by atoms with Gasteiger partial charge < -0.3 is 9.64 Å². The van der Waals surface area contributed by atoms with Gasteiger partial charge in [-0.05, 0) is 0 Å². The van der Waals surface area contributed by atoms with Crippen molar-refractivity contribution in [1.82, 2.24) is 4.90 Å². The molecule has 3 heteroatoms. The quantitative estimate of drug-likeness (QED) is 0.543. The lowest BCUT2D eigenvalue weighted by molar-refractivity contribution is -0.170. The number of piperidine rings is 3. The Hall–Kier alpha value is -0.570. The van der Waals surface area contributed by atoms with E-state index in [1.807, 2.05) is 0 Å². The van der Waals surface area contributed by atoms with Crippen molar-refractivity contribution in [2.45, 2.75) is 31.8 Å². The molecular weight excluding hydrogens is 154 g/mol. The Kier molecular flexibility index (Phi) is 1.83. The zero-order valence-electron chi connectivity index (χ0n) is 7.51. The summed E-state index contributed by atoms with van der Waals surface area (Å²) in [6.45, 7) is 4.82. The van der Waals surface area contributed by atoms with Gasteiger partial charge in [0.1, 0.15) is 5.60 Å². The van der Waals surface area contributed by atoms with E-state index in [2.05, 4.69) is 4.90 Å². The largest absolute Gasteiger partial charge is 0.459 e. The molecule has 0 aliphatic carbocycles. The molecule has 0 unspecified atom stereocenters. The van der Waals surface area contributed by atoms with E-state index in [1.165, 1.54) is 6.92 Å². The van der Waals surface area contributed by atoms with Crippen LogP contribution in [0.1, 0.15) is 26.2 Å². The van der Waals surface area contributed by atoms with Gasteiger partial charge in [-0.2, -0.15) is 0 Å². The summed E-state index contributed by atoms with van der Waals surface area (Å²) >= 11 is 0. The third kappa shape index (κ3) is 1.33. The predicted molar refractivity (Wildman–Crippen MR) is 44.8 cm³/mol. The fourth-order valence-corrected chi connectivity index (χ4v) is 2.25. The van der Waals surface area contributed by atoms with Crippen LogP contribution in [0.15, 0.2) is 0 Å². The number of esters is 1. The van der Waals surface area contributed by atoms with Crippen LogP contribution in [0.25, 0.3) is 0 Å². The Bertz CT molecular complexity index is 181. The monoisotopic (exact) mass is 169 g/mol. The highest BCUT2D eigenvalue weighted by atomic mass is 16.6. The Balaban J connectivity index is 2.03. The van der Waals surface area contributed by atoms with Crippen LogP contribution in [0.5, 0.6) is 0 Å². The molecule has 68 valence electrons. The lowest BCUT2D eigenvalue weighted by Crippen LogP contribution is -2.54. The highest BCUT2D eigenvalue weighted by molar-refractivity contribution is 5.66. The number of hydrogen-bond acceptors (Lipinski definition) is 3. The van der Waals surface area contributed by atoms with Crippen molar-refractivity contribution in [3.63, 3.8) is 0 Å². The van der Waals surface area contributed by atoms with E-state index in [9.17, 15) is 4.79 Å². The topological polar surface area (TPSA) is 29.5 Å². The first-order valence-corrected chi connectivity index (χ1v) is 4.62. The van der Waals surface area contributed by atoms with Crippen LogP contribution in [0.4, 0.5) is 0 Å². The molecule has 0 spiro atoms. The van der Waals surface area contributed by atoms with Crippen LogP contribution in [0, 0.1) is 0 Å². The van der Waals surface area contributed by atoms with Crippen molar-refractivity contribution >= 4 is 5.97 Å². The maximum atomic E-state index is 10.9. The fourth-order valence-electron chi connectivity index (χ4n) is 2.25. The standard InChI is InChI=1S/C9H15NO2/c1-8(11)12-9-2-5-10(6-3-9)7-4-9/h2-7H2,1H3. The molecule has 3 aliphatic heterocycles. The summed E-state index contributed by atoms with van der Waals surface area (Å²) in [7, 11) is 0. The Morgan fingerprint density at radius 1 is 1.25 bits per heavy atom. The molecule has 0 aromatic rings. The SMILES string of the molecule is CC(=O)OC12CCN(CC1)CC2. The van der Waals surface area contributed by atoms with Crippen molar-refractivity contribution in [3.05, 3.63) is 0 Å². The molecule has 0 radical (unpaired) electrons. The van der Waals surface area contributed by atoms with Crippen molar-refractivity contribution in [2.24, 2.45) is 0 Å². The maximum Gasteiger partial charge on any atom is 0.303 e. The normalized spacial score (nSPS) is 39.6. The number of nitrogens with zero attached hydrogens (tertiary/aromatic N) is 1. The van der Waals surface area contributed by atoms with Gasteiger partial charge >= 0.3 is 5.97 Å². The number of hydrogen-bond donors (Lipinski definition) is 0. The van der Waals surface area contributed by atoms with Crippen LogP contribution in [-0.4, -0.2) is 36.1 Å². The number of rotatable bonds is 1. The molecule has 0 aromatic heterocycles. The van der Waals surface area contributed by atoms with Gasteiger partial charge in [-0.25, -0.2) is 0 Å². The summed E-state index contributed by atoms with van der Waals surface area (Å²) < 4.78 is 5.40. The van der Waals surface area contributed by atoms with Gasteiger partial charge in [0.2, 0.25) is 0 Å². The minimum absolute atomic E-state index is 0.0828. The van der Waals surface area contributed by atoms with Gasteiger partial charge in [0.25, 0.3) is 0 Å². The Morgan fingerprint density at radius 2 is 1.75 bits per heavy atom. The van der Waals surface area contributed by atoms with Crippen molar-refractivity contribution in [2.75, 3.05) is 19.6 Å². The first-order valence-electron chi connectivity index (χ1n) is 4.62. The number of ether oxygens (including phenoxy) is 1. The summed E-state index contributed by atoms with van der Waals surface area (Å²) in [5.41, 5.74) is -0.0828. The average molecular weight is 169 g/mol. The summed E-state index contributed by atoms with van der Waals surface area (Å²) in [5, 5.41) is 0. The Labute approximate surface area is 72.7 Å². The lowest BCUT2D eigenvalue weighted by atomic mass is 9.83. The average Bonchev–Trinajstić information content (AvgIpc) is 2.05. The van der Waals surface area contributed by atoms with E-state index in [1.54, 1.807) is 0 Å². The smallest absolute Gasteiger partial charge is 0.303 e. The molecule has 0 saturated carbocycles. The van der Waals surface area contributed by atoms with E-state index < -0.39 is 0 Å². The second kappa shape index (κ2) is 2.73. The van der Waals surface area contributed by atoms with E-state index in [0.717, 1.165) is 38.9 Å². The Morgan fingerprint density at radius 3 is 2.17 bits per heavy atom.